The number of H-pyrrole nitrogens is 1. The molecule has 7 heteroatoms. The number of hydrogen-bond donors (Lipinski definition) is 1. The second kappa shape index (κ2) is 7.27. The smallest absolute Gasteiger partial charge is 0.179 e. The summed E-state index contributed by atoms with van der Waals surface area (Å²) in [6.45, 7) is 2.03. The van der Waals surface area contributed by atoms with E-state index in [0.717, 1.165) is 39.1 Å². The first-order chi connectivity index (χ1) is 15.3. The van der Waals surface area contributed by atoms with Crippen molar-refractivity contribution in [1.29, 1.82) is 0 Å². The van der Waals surface area contributed by atoms with Gasteiger partial charge in [-0.15, -0.1) is 5.10 Å². The first-order valence-electron chi connectivity index (χ1n) is 10.9. The van der Waals surface area contributed by atoms with E-state index < -0.39 is 0 Å². The molecule has 1 aliphatic carbocycles. The van der Waals surface area contributed by atoms with Crippen LogP contribution in [0.3, 0.4) is 0 Å². The number of aryl methyl sites for hydroxylation is 1. The van der Waals surface area contributed by atoms with Crippen molar-refractivity contribution in [3.05, 3.63) is 54.2 Å². The molecule has 7 nitrogen and oxygen atoms in total. The Morgan fingerprint density at radius 3 is 2.58 bits per heavy atom. The predicted molar refractivity (Wildman–Crippen MR) is 121 cm³/mol. The summed E-state index contributed by atoms with van der Waals surface area (Å²) < 4.78 is 2.46. The Morgan fingerprint density at radius 2 is 1.74 bits per heavy atom. The highest BCUT2D eigenvalue weighted by molar-refractivity contribution is 5.88. The summed E-state index contributed by atoms with van der Waals surface area (Å²) >= 11 is 0. The van der Waals surface area contributed by atoms with Gasteiger partial charge in [-0.25, -0.2) is 10.1 Å². The second-order valence-electron chi connectivity index (χ2n) is 8.41. The van der Waals surface area contributed by atoms with Gasteiger partial charge in [-0.2, -0.15) is 0 Å². The number of nitrogens with zero attached hydrogens (tertiary/aromatic N) is 6. The average molecular weight is 409 g/mol. The summed E-state index contributed by atoms with van der Waals surface area (Å²) in [5, 5.41) is 15.4. The number of imidazole rings is 1. The quantitative estimate of drug-likeness (QED) is 0.440. The van der Waals surface area contributed by atoms with Crippen LogP contribution in [0.2, 0.25) is 0 Å². The largest absolute Gasteiger partial charge is 0.321 e. The average Bonchev–Trinajstić information content (AvgIpc) is 3.47. The van der Waals surface area contributed by atoms with E-state index >= 15 is 0 Å². The maximum absolute atomic E-state index is 5.11. The fourth-order valence-electron chi connectivity index (χ4n) is 4.81. The van der Waals surface area contributed by atoms with Crippen LogP contribution < -0.4 is 0 Å². The molecular weight excluding hydrogens is 386 g/mol. The maximum Gasteiger partial charge on any atom is 0.179 e. The lowest BCUT2D eigenvalue weighted by atomic mass is 9.94. The third-order valence-electron chi connectivity index (χ3n) is 6.33. The van der Waals surface area contributed by atoms with E-state index in [-0.39, 0.29) is 0 Å². The molecule has 0 bridgehead atoms. The molecule has 154 valence electrons. The predicted octanol–water partition coefficient (Wildman–Crippen LogP) is 5.25. The molecule has 3 aromatic heterocycles. The number of rotatable bonds is 3. The highest BCUT2D eigenvalue weighted by atomic mass is 15.5. The molecule has 0 unspecified atom stereocenters. The van der Waals surface area contributed by atoms with Crippen LogP contribution in [0, 0.1) is 6.92 Å². The van der Waals surface area contributed by atoms with E-state index in [1.54, 1.807) is 0 Å². The summed E-state index contributed by atoms with van der Waals surface area (Å²) in [4.78, 5) is 9.77. The Labute approximate surface area is 179 Å². The monoisotopic (exact) mass is 409 g/mol. The van der Waals surface area contributed by atoms with Crippen LogP contribution in [0.1, 0.15) is 43.8 Å². The molecule has 1 aliphatic rings. The fourth-order valence-corrected chi connectivity index (χ4v) is 4.81. The van der Waals surface area contributed by atoms with Crippen molar-refractivity contribution in [2.75, 3.05) is 0 Å². The van der Waals surface area contributed by atoms with Gasteiger partial charge < -0.3 is 4.57 Å². The van der Waals surface area contributed by atoms with Crippen molar-refractivity contribution in [3.8, 4) is 22.8 Å². The van der Waals surface area contributed by atoms with Gasteiger partial charge in [-0.3, -0.25) is 4.98 Å². The van der Waals surface area contributed by atoms with Crippen LogP contribution in [-0.2, 0) is 0 Å². The van der Waals surface area contributed by atoms with Crippen molar-refractivity contribution in [3.63, 3.8) is 0 Å². The number of aromatic amines is 1. The number of fused-ring (bicyclic) bond motifs is 2. The van der Waals surface area contributed by atoms with E-state index in [0.29, 0.717) is 11.9 Å². The highest BCUT2D eigenvalue weighted by Crippen LogP contribution is 2.37. The molecule has 0 atom stereocenters. The summed E-state index contributed by atoms with van der Waals surface area (Å²) in [7, 11) is 0. The lowest BCUT2D eigenvalue weighted by molar-refractivity contribution is 0.362. The first-order valence-corrected chi connectivity index (χ1v) is 10.9. The zero-order valence-electron chi connectivity index (χ0n) is 17.4. The molecule has 0 spiro atoms. The van der Waals surface area contributed by atoms with Gasteiger partial charge in [0.1, 0.15) is 5.82 Å². The number of tetrazole rings is 1. The van der Waals surface area contributed by atoms with Crippen LogP contribution in [0.4, 0.5) is 0 Å². The highest BCUT2D eigenvalue weighted by Gasteiger charge is 2.23. The minimum atomic E-state index is 0.471. The molecular formula is C24H23N7. The van der Waals surface area contributed by atoms with E-state index in [4.69, 9.17) is 4.98 Å². The minimum absolute atomic E-state index is 0.471. The molecule has 0 amide bonds. The molecule has 0 aliphatic heterocycles. The normalized spacial score (nSPS) is 15.1. The SMILES string of the molecule is Cc1ccc2cc(-c3nc4cc(-c5nnn[nH]5)ccc4n3C3CCCCC3)ccc2n1. The van der Waals surface area contributed by atoms with Gasteiger partial charge in [0.05, 0.1) is 16.6 Å². The van der Waals surface area contributed by atoms with Crippen LogP contribution in [0.15, 0.2) is 48.5 Å². The Bertz CT molecular complexity index is 1380. The molecule has 1 N–H and O–H groups in total. The van der Waals surface area contributed by atoms with E-state index in [2.05, 4.69) is 78.7 Å². The van der Waals surface area contributed by atoms with Crippen LogP contribution in [0.5, 0.6) is 0 Å². The van der Waals surface area contributed by atoms with Crippen molar-refractivity contribution >= 4 is 21.9 Å². The molecule has 1 saturated carbocycles. The Balaban J connectivity index is 1.55. The molecule has 2 aromatic carbocycles. The maximum atomic E-state index is 5.11. The van der Waals surface area contributed by atoms with Gasteiger partial charge in [0.15, 0.2) is 5.82 Å². The summed E-state index contributed by atoms with van der Waals surface area (Å²) in [5.41, 5.74) is 6.25. The van der Waals surface area contributed by atoms with Gasteiger partial charge in [0.2, 0.25) is 0 Å². The van der Waals surface area contributed by atoms with Crippen LogP contribution in [-0.4, -0.2) is 35.2 Å². The third-order valence-corrected chi connectivity index (χ3v) is 6.33. The van der Waals surface area contributed by atoms with Gasteiger partial charge in [-0.1, -0.05) is 25.3 Å². The molecule has 1 fully saturated rings. The number of hydrogen-bond acceptors (Lipinski definition) is 5. The van der Waals surface area contributed by atoms with Gasteiger partial charge in [0, 0.05) is 28.2 Å². The standard InChI is InChI=1S/C24H23N7/c1-15-7-8-16-13-18(9-11-20(16)25-15)24-26-21-14-17(23-27-29-30-28-23)10-12-22(21)31(24)19-5-3-2-4-6-19/h7-14,19H,2-6H2,1H3,(H,27,28,29,30). The lowest BCUT2D eigenvalue weighted by Crippen LogP contribution is -2.14. The fraction of sp³-hybridized carbons (Fsp3) is 0.292. The van der Waals surface area contributed by atoms with Crippen molar-refractivity contribution < 1.29 is 0 Å². The third kappa shape index (κ3) is 3.17. The number of nitrogens with one attached hydrogen (secondary N) is 1. The van der Waals surface area contributed by atoms with Crippen molar-refractivity contribution in [2.24, 2.45) is 0 Å². The zero-order chi connectivity index (χ0) is 20.8. The summed E-state index contributed by atoms with van der Waals surface area (Å²) in [5.74, 6) is 1.68. The van der Waals surface area contributed by atoms with E-state index in [1.165, 1.54) is 37.6 Å². The van der Waals surface area contributed by atoms with Gasteiger partial charge in [0.25, 0.3) is 0 Å². The van der Waals surface area contributed by atoms with Gasteiger partial charge >= 0.3 is 0 Å². The molecule has 0 radical (unpaired) electrons. The van der Waals surface area contributed by atoms with Crippen molar-refractivity contribution in [2.45, 2.75) is 45.1 Å². The van der Waals surface area contributed by atoms with E-state index in [9.17, 15) is 0 Å². The second-order valence-corrected chi connectivity index (χ2v) is 8.41. The Kier molecular flexibility index (Phi) is 4.26. The summed E-state index contributed by atoms with van der Waals surface area (Å²) in [6.07, 6.45) is 6.25. The number of benzene rings is 2. The number of aromatic nitrogens is 7. The zero-order valence-corrected chi connectivity index (χ0v) is 17.4. The molecule has 3 heterocycles. The van der Waals surface area contributed by atoms with Crippen LogP contribution >= 0.6 is 0 Å². The minimum Gasteiger partial charge on any atom is -0.321 e. The Hall–Kier alpha value is -3.61. The Morgan fingerprint density at radius 1 is 0.871 bits per heavy atom. The molecule has 5 aromatic rings. The van der Waals surface area contributed by atoms with E-state index in [1.807, 2.05) is 6.92 Å². The van der Waals surface area contributed by atoms with Gasteiger partial charge in [-0.05, 0) is 72.7 Å². The number of pyridine rings is 1. The molecule has 6 rings (SSSR count). The summed E-state index contributed by atoms with van der Waals surface area (Å²) in [6, 6.07) is 17.4. The lowest BCUT2D eigenvalue weighted by Gasteiger charge is -2.25. The van der Waals surface area contributed by atoms with Crippen molar-refractivity contribution in [1.82, 2.24) is 35.2 Å². The van der Waals surface area contributed by atoms with Crippen LogP contribution in [0.25, 0.3) is 44.7 Å². The molecule has 0 saturated heterocycles. The first kappa shape index (κ1) is 18.2. The molecule has 31 heavy (non-hydrogen) atoms. The topological polar surface area (TPSA) is 85.2 Å².